The molecule has 0 radical (unpaired) electrons. The van der Waals surface area contributed by atoms with Gasteiger partial charge in [-0.3, -0.25) is 19.2 Å². The predicted molar refractivity (Wildman–Crippen MR) is 159 cm³/mol. The van der Waals surface area contributed by atoms with Crippen LogP contribution in [0.5, 0.6) is 0 Å². The van der Waals surface area contributed by atoms with Gasteiger partial charge in [0.25, 0.3) is 0 Å². The predicted octanol–water partition coefficient (Wildman–Crippen LogP) is 5.81. The van der Waals surface area contributed by atoms with E-state index in [0.29, 0.717) is 23.6 Å². The van der Waals surface area contributed by atoms with E-state index in [-0.39, 0.29) is 24.5 Å². The third kappa shape index (κ3) is 7.49. The number of ether oxygens (including phenoxy) is 2. The second-order valence-corrected chi connectivity index (χ2v) is 12.1. The van der Waals surface area contributed by atoms with Crippen LogP contribution in [0.3, 0.4) is 0 Å². The van der Waals surface area contributed by atoms with Crippen molar-refractivity contribution in [3.63, 3.8) is 0 Å². The second kappa shape index (κ2) is 12.7. The van der Waals surface area contributed by atoms with E-state index in [2.05, 4.69) is 36.5 Å². The summed E-state index contributed by atoms with van der Waals surface area (Å²) < 4.78 is 12.3. The van der Waals surface area contributed by atoms with Gasteiger partial charge in [0.1, 0.15) is 18.8 Å². The molecule has 9 heteroatoms. The highest BCUT2D eigenvalue weighted by Gasteiger charge is 2.34. The molecule has 0 unspecified atom stereocenters. The normalized spacial score (nSPS) is 11.4. The van der Waals surface area contributed by atoms with Gasteiger partial charge in [0.15, 0.2) is 5.43 Å². The zero-order valence-electron chi connectivity index (χ0n) is 22.9. The van der Waals surface area contributed by atoms with Gasteiger partial charge in [0.2, 0.25) is 5.91 Å². The molecule has 208 valence electrons. The minimum absolute atomic E-state index is 0.0371. The molecule has 0 saturated heterocycles. The van der Waals surface area contributed by atoms with E-state index in [1.807, 2.05) is 36.4 Å². The van der Waals surface area contributed by atoms with Gasteiger partial charge in [-0.1, -0.05) is 35.5 Å². The lowest BCUT2D eigenvalue weighted by molar-refractivity contribution is -0.150. The molecule has 7 nitrogen and oxygen atoms in total. The molecule has 0 aliphatic heterocycles. The molecule has 0 spiro atoms. The van der Waals surface area contributed by atoms with Crippen LogP contribution in [0.4, 0.5) is 0 Å². The fourth-order valence-corrected chi connectivity index (χ4v) is 6.29. The molecule has 4 aromatic rings. The highest BCUT2D eigenvalue weighted by atomic mass is 32.2. The minimum Gasteiger partial charge on any atom is -0.463 e. The Hall–Kier alpha value is -3.69. The summed E-state index contributed by atoms with van der Waals surface area (Å²) in [5, 5.41) is 4.11. The van der Waals surface area contributed by atoms with E-state index in [1.165, 1.54) is 26.3 Å². The van der Waals surface area contributed by atoms with Crippen molar-refractivity contribution in [1.82, 2.24) is 5.32 Å². The summed E-state index contributed by atoms with van der Waals surface area (Å²) in [6.07, 6.45) is 0.769. The average Bonchev–Trinajstić information content (AvgIpc) is 2.91. The number of nitrogens with one attached hydrogen (secondary N) is 1. The van der Waals surface area contributed by atoms with Crippen LogP contribution in [-0.4, -0.2) is 36.6 Å². The minimum atomic E-state index is -1.10. The number of aryl methyl sites for hydroxylation is 2. The van der Waals surface area contributed by atoms with Crippen molar-refractivity contribution in [2.75, 3.05) is 13.2 Å². The van der Waals surface area contributed by atoms with Crippen LogP contribution in [0.25, 0.3) is 20.2 Å². The van der Waals surface area contributed by atoms with E-state index in [0.717, 1.165) is 24.8 Å². The molecule has 0 fully saturated rings. The first-order valence-electron chi connectivity index (χ1n) is 12.8. The summed E-state index contributed by atoms with van der Waals surface area (Å²) in [6.45, 7) is 5.66. The number of hydrogen-bond acceptors (Lipinski definition) is 8. The SMILES string of the molecule is CC(=O)NC(CCc1ccc2sc3ccc(Sc4ccc(C)cc4)cc3c(=O)c2c1)(COC(C)=O)COC(C)=O. The highest BCUT2D eigenvalue weighted by molar-refractivity contribution is 7.99. The third-order valence-corrected chi connectivity index (χ3v) is 8.55. The van der Waals surface area contributed by atoms with E-state index < -0.39 is 17.5 Å². The van der Waals surface area contributed by atoms with Crippen LogP contribution in [0.2, 0.25) is 0 Å². The Morgan fingerprint density at radius 2 is 1.40 bits per heavy atom. The lowest BCUT2D eigenvalue weighted by Gasteiger charge is -2.33. The molecule has 1 aromatic heterocycles. The first-order valence-corrected chi connectivity index (χ1v) is 14.5. The van der Waals surface area contributed by atoms with Crippen molar-refractivity contribution in [3.05, 3.63) is 82.0 Å². The third-order valence-electron chi connectivity index (χ3n) is 6.40. The largest absolute Gasteiger partial charge is 0.463 e. The Kier molecular flexibility index (Phi) is 9.27. The van der Waals surface area contributed by atoms with Gasteiger partial charge in [-0.2, -0.15) is 0 Å². The lowest BCUT2D eigenvalue weighted by Crippen LogP contribution is -2.55. The summed E-state index contributed by atoms with van der Waals surface area (Å²) in [5.41, 5.74) is 0.930. The van der Waals surface area contributed by atoms with Crippen molar-refractivity contribution in [2.24, 2.45) is 0 Å². The Bertz CT molecular complexity index is 1610. The zero-order valence-corrected chi connectivity index (χ0v) is 24.5. The molecule has 0 atom stereocenters. The molecule has 4 rings (SSSR count). The summed E-state index contributed by atoms with van der Waals surface area (Å²) in [5.74, 6) is -1.35. The van der Waals surface area contributed by atoms with Crippen molar-refractivity contribution < 1.29 is 23.9 Å². The number of carbonyl (C=O) groups is 3. The van der Waals surface area contributed by atoms with Gasteiger partial charge in [-0.25, -0.2) is 0 Å². The zero-order chi connectivity index (χ0) is 28.9. The standard InChI is InChI=1S/C31H31NO6S2/c1-19-5-8-24(9-6-19)39-25-10-12-29-27(16-25)30(36)26-15-23(7-11-28(26)40-29)13-14-31(32-20(2)33,17-37-21(3)34)18-38-22(4)35/h5-12,15-16H,13-14,17-18H2,1-4H3,(H,32,33). The topological polar surface area (TPSA) is 98.8 Å². The molecule has 0 saturated carbocycles. The van der Waals surface area contributed by atoms with E-state index in [4.69, 9.17) is 9.47 Å². The van der Waals surface area contributed by atoms with Crippen LogP contribution >= 0.6 is 23.1 Å². The Labute approximate surface area is 240 Å². The molecule has 1 N–H and O–H groups in total. The van der Waals surface area contributed by atoms with Crippen molar-refractivity contribution >= 4 is 61.1 Å². The number of benzene rings is 3. The number of rotatable bonds is 10. The van der Waals surface area contributed by atoms with Gasteiger partial charge in [0.05, 0.1) is 0 Å². The van der Waals surface area contributed by atoms with Gasteiger partial charge >= 0.3 is 11.9 Å². The van der Waals surface area contributed by atoms with Gasteiger partial charge < -0.3 is 14.8 Å². The van der Waals surface area contributed by atoms with Crippen LogP contribution in [0, 0.1) is 6.92 Å². The maximum atomic E-state index is 13.6. The number of hydrogen-bond donors (Lipinski definition) is 1. The van der Waals surface area contributed by atoms with Crippen molar-refractivity contribution in [1.29, 1.82) is 0 Å². The first-order chi connectivity index (χ1) is 19.0. The van der Waals surface area contributed by atoms with E-state index in [1.54, 1.807) is 23.1 Å². The van der Waals surface area contributed by atoms with Crippen LogP contribution in [-0.2, 0) is 30.3 Å². The molecule has 40 heavy (non-hydrogen) atoms. The molecule has 0 aliphatic carbocycles. The highest BCUT2D eigenvalue weighted by Crippen LogP contribution is 2.32. The monoisotopic (exact) mass is 577 g/mol. The summed E-state index contributed by atoms with van der Waals surface area (Å²) in [7, 11) is 0. The van der Waals surface area contributed by atoms with Gasteiger partial charge in [-0.15, -0.1) is 11.3 Å². The summed E-state index contributed by atoms with van der Waals surface area (Å²) in [4.78, 5) is 50.8. The maximum absolute atomic E-state index is 13.6. The number of fused-ring (bicyclic) bond motifs is 2. The summed E-state index contributed by atoms with van der Waals surface area (Å²) >= 11 is 3.18. The molecule has 0 bridgehead atoms. The maximum Gasteiger partial charge on any atom is 0.302 e. The fraction of sp³-hybridized carbons (Fsp3) is 0.290. The smallest absolute Gasteiger partial charge is 0.302 e. The van der Waals surface area contributed by atoms with Crippen LogP contribution in [0.15, 0.2) is 75.2 Å². The lowest BCUT2D eigenvalue weighted by atomic mass is 9.92. The molecule has 1 amide bonds. The molecule has 1 heterocycles. The van der Waals surface area contributed by atoms with Crippen LogP contribution in [0.1, 0.15) is 38.3 Å². The quantitative estimate of drug-likeness (QED) is 0.188. The van der Waals surface area contributed by atoms with E-state index >= 15 is 0 Å². The number of esters is 2. The molecule has 3 aromatic carbocycles. The molecular formula is C31H31NO6S2. The molecular weight excluding hydrogens is 546 g/mol. The Morgan fingerprint density at radius 3 is 2.00 bits per heavy atom. The van der Waals surface area contributed by atoms with E-state index in [9.17, 15) is 19.2 Å². The van der Waals surface area contributed by atoms with Crippen molar-refractivity contribution in [3.8, 4) is 0 Å². The van der Waals surface area contributed by atoms with Crippen molar-refractivity contribution in [2.45, 2.75) is 55.9 Å². The van der Waals surface area contributed by atoms with Gasteiger partial charge in [-0.05, 0) is 67.8 Å². The molecule has 0 aliphatic rings. The summed E-state index contributed by atoms with van der Waals surface area (Å²) in [6, 6.07) is 20.0. The Balaban J connectivity index is 1.64. The average molecular weight is 578 g/mol. The van der Waals surface area contributed by atoms with Crippen LogP contribution < -0.4 is 10.7 Å². The van der Waals surface area contributed by atoms with Gasteiger partial charge in [0, 0.05) is 50.7 Å². The number of amides is 1. The fourth-order valence-electron chi connectivity index (χ4n) is 4.40. The number of carbonyl (C=O) groups excluding carboxylic acids is 3. The Morgan fingerprint density at radius 1 is 0.825 bits per heavy atom. The first kappa shape index (κ1) is 29.3. The second-order valence-electron chi connectivity index (χ2n) is 9.86.